The van der Waals surface area contributed by atoms with Crippen molar-refractivity contribution in [1.82, 2.24) is 0 Å². The van der Waals surface area contributed by atoms with Crippen LogP contribution in [0.2, 0.25) is 0 Å². The van der Waals surface area contributed by atoms with Gasteiger partial charge in [0.1, 0.15) is 54.7 Å². The van der Waals surface area contributed by atoms with Crippen molar-refractivity contribution in [3.05, 3.63) is 179 Å². The number of carboxylic acids is 2. The first-order valence-corrected chi connectivity index (χ1v) is 19.9. The molecule has 0 aromatic heterocycles. The second-order valence-electron chi connectivity index (χ2n) is 13.4. The minimum Gasteiger partial charge on any atom is -0.508 e. The number of terminal acetylenes is 1. The number of ether oxygens (including phenoxy) is 6. The van der Waals surface area contributed by atoms with Gasteiger partial charge in [-0.3, -0.25) is 0 Å². The Morgan fingerprint density at radius 2 is 1.05 bits per heavy atom. The first kappa shape index (κ1) is 47.2. The Morgan fingerprint density at radius 1 is 0.516 bits per heavy atom. The standard InChI is InChI=1S/C44H40O13.C6H6O/c1-2-52-38-17-19-40(43(47)48)41(29-38)44(49)56-35-12-8-31(9-13-35)20-22-50-24-25-51-23-21-32-10-14-36(15-11-32)57-55-30-33-28-37(16-18-39(33)42(45)46)54-27-26-53-34-6-4-3-5-7-34;7-6-4-2-1-3-5-6/h1,3-19,28-29H,20-27,30H2,(H,45,46)(H,47,48);1-5,7H. The molecule has 0 spiro atoms. The van der Waals surface area contributed by atoms with Crippen molar-refractivity contribution in [2.45, 2.75) is 19.4 Å². The number of carbonyl (C=O) groups is 3. The molecule has 0 aliphatic rings. The highest BCUT2D eigenvalue weighted by Gasteiger charge is 2.20. The van der Waals surface area contributed by atoms with E-state index in [9.17, 15) is 24.6 Å². The molecular weight excluding hydrogens is 825 g/mol. The normalized spacial score (nSPS) is 10.4. The number of hydrogen-bond acceptors (Lipinski definition) is 12. The molecule has 0 radical (unpaired) electrons. The lowest BCUT2D eigenvalue weighted by Gasteiger charge is -2.12. The lowest BCUT2D eigenvalue weighted by atomic mass is 10.1. The van der Waals surface area contributed by atoms with Crippen LogP contribution in [-0.2, 0) is 33.8 Å². The van der Waals surface area contributed by atoms with E-state index in [1.54, 1.807) is 72.8 Å². The molecule has 330 valence electrons. The zero-order valence-electron chi connectivity index (χ0n) is 34.6. The molecule has 0 heterocycles. The van der Waals surface area contributed by atoms with E-state index in [0.29, 0.717) is 68.7 Å². The second-order valence-corrected chi connectivity index (χ2v) is 13.4. The highest BCUT2D eigenvalue weighted by Crippen LogP contribution is 2.23. The van der Waals surface area contributed by atoms with Gasteiger partial charge in [0.15, 0.2) is 5.75 Å². The Labute approximate surface area is 370 Å². The molecule has 0 bridgehead atoms. The maximum absolute atomic E-state index is 12.7. The lowest BCUT2D eigenvalue weighted by Crippen LogP contribution is -2.14. The Morgan fingerprint density at radius 3 is 1.61 bits per heavy atom. The molecule has 0 atom stereocenters. The molecule has 0 saturated carbocycles. The predicted molar refractivity (Wildman–Crippen MR) is 234 cm³/mol. The molecular formula is C50H46O14. The number of carboxylic acid groups (broad SMARTS) is 2. The average Bonchev–Trinajstić information content (AvgIpc) is 3.30. The summed E-state index contributed by atoms with van der Waals surface area (Å²) in [5, 5.41) is 27.7. The number of carbonyl (C=O) groups excluding carboxylic acids is 1. The fraction of sp³-hybridized carbons (Fsp3) is 0.180. The molecule has 6 rings (SSSR count). The quantitative estimate of drug-likeness (QED) is 0.0139. The molecule has 14 heteroatoms. The molecule has 0 aliphatic heterocycles. The number of rotatable bonds is 23. The van der Waals surface area contributed by atoms with Gasteiger partial charge in [-0.1, -0.05) is 67.1 Å². The number of benzene rings is 6. The van der Waals surface area contributed by atoms with Crippen LogP contribution in [-0.4, -0.2) is 72.9 Å². The van der Waals surface area contributed by atoms with E-state index in [1.165, 1.54) is 24.3 Å². The molecule has 0 fully saturated rings. The summed E-state index contributed by atoms with van der Waals surface area (Å²) in [7, 11) is 0. The third-order valence-corrected chi connectivity index (χ3v) is 8.91. The maximum atomic E-state index is 12.7. The van der Waals surface area contributed by atoms with Gasteiger partial charge in [0.2, 0.25) is 0 Å². The molecule has 0 unspecified atom stereocenters. The van der Waals surface area contributed by atoms with Crippen LogP contribution in [0.5, 0.6) is 34.5 Å². The summed E-state index contributed by atoms with van der Waals surface area (Å²) in [6.45, 7) is 2.26. The Bertz CT molecular complexity index is 2410. The first-order chi connectivity index (χ1) is 31.2. The van der Waals surface area contributed by atoms with Crippen LogP contribution in [0.1, 0.15) is 47.8 Å². The molecule has 0 amide bonds. The molecule has 14 nitrogen and oxygen atoms in total. The van der Waals surface area contributed by atoms with Crippen LogP contribution in [0.4, 0.5) is 0 Å². The number of phenols is 1. The van der Waals surface area contributed by atoms with Gasteiger partial charge in [0.05, 0.1) is 43.1 Å². The van der Waals surface area contributed by atoms with E-state index in [2.05, 4.69) is 0 Å². The third-order valence-electron chi connectivity index (χ3n) is 8.91. The second kappa shape index (κ2) is 25.8. The van der Waals surface area contributed by atoms with Crippen LogP contribution in [0.15, 0.2) is 146 Å². The smallest absolute Gasteiger partial charge is 0.344 e. The molecule has 64 heavy (non-hydrogen) atoms. The molecule has 0 aliphatic carbocycles. The molecule has 0 saturated heterocycles. The number of para-hydroxylation sites is 2. The van der Waals surface area contributed by atoms with Gasteiger partial charge in [0.25, 0.3) is 0 Å². The van der Waals surface area contributed by atoms with Crippen LogP contribution >= 0.6 is 0 Å². The number of phenolic OH excluding ortho intramolecular Hbond substituents is 1. The van der Waals surface area contributed by atoms with Crippen molar-refractivity contribution in [1.29, 1.82) is 0 Å². The maximum Gasteiger partial charge on any atom is 0.344 e. The molecule has 3 N–H and O–H groups in total. The minimum atomic E-state index is -1.29. The highest BCUT2D eigenvalue weighted by atomic mass is 17.2. The number of aromatic carboxylic acids is 2. The van der Waals surface area contributed by atoms with Crippen LogP contribution in [0.25, 0.3) is 0 Å². The largest absolute Gasteiger partial charge is 0.508 e. The SMILES string of the molecule is C#COc1ccc(C(=O)O)c(C(=O)Oc2ccc(CCOCCOCCc3ccc(OOCc4cc(OCCOc5ccccc5)ccc4C(=O)O)cc3)cc2)c1.Oc1ccccc1. The van der Waals surface area contributed by atoms with Gasteiger partial charge in [0, 0.05) is 5.56 Å². The summed E-state index contributed by atoms with van der Waals surface area (Å²) < 4.78 is 33.1. The predicted octanol–water partition coefficient (Wildman–Crippen LogP) is 8.45. The van der Waals surface area contributed by atoms with E-state index >= 15 is 0 Å². The topological polar surface area (TPSA) is 186 Å². The zero-order chi connectivity index (χ0) is 45.4. The van der Waals surface area contributed by atoms with Crippen molar-refractivity contribution in [2.75, 3.05) is 39.6 Å². The van der Waals surface area contributed by atoms with Crippen molar-refractivity contribution >= 4 is 17.9 Å². The van der Waals surface area contributed by atoms with Gasteiger partial charge in [-0.15, -0.1) is 0 Å². The third kappa shape index (κ3) is 16.2. The summed E-state index contributed by atoms with van der Waals surface area (Å²) in [5.74, 6) is -0.851. The fourth-order valence-electron chi connectivity index (χ4n) is 5.72. The van der Waals surface area contributed by atoms with Gasteiger partial charge < -0.3 is 48.6 Å². The Balaban J connectivity index is 0.00000100. The minimum absolute atomic E-state index is 0.0809. The van der Waals surface area contributed by atoms with Crippen LogP contribution in [0.3, 0.4) is 0 Å². The van der Waals surface area contributed by atoms with Crippen molar-refractivity contribution < 1.29 is 67.9 Å². The fourth-order valence-corrected chi connectivity index (χ4v) is 5.72. The van der Waals surface area contributed by atoms with E-state index in [-0.39, 0.29) is 41.4 Å². The van der Waals surface area contributed by atoms with Crippen LogP contribution < -0.4 is 23.8 Å². The van der Waals surface area contributed by atoms with Crippen molar-refractivity contribution in [3.63, 3.8) is 0 Å². The van der Waals surface area contributed by atoms with E-state index < -0.39 is 17.9 Å². The van der Waals surface area contributed by atoms with Gasteiger partial charge in [-0.25, -0.2) is 14.4 Å². The molecule has 6 aromatic carbocycles. The summed E-state index contributed by atoms with van der Waals surface area (Å²) in [4.78, 5) is 46.8. The van der Waals surface area contributed by atoms with Crippen molar-refractivity contribution in [2.24, 2.45) is 0 Å². The van der Waals surface area contributed by atoms with Gasteiger partial charge >= 0.3 is 17.9 Å². The van der Waals surface area contributed by atoms with Gasteiger partial charge in [-0.2, -0.15) is 4.89 Å². The summed E-state index contributed by atoms with van der Waals surface area (Å²) in [6.07, 6.45) is 8.39. The average molecular weight is 871 g/mol. The Kier molecular flexibility index (Phi) is 19.1. The van der Waals surface area contributed by atoms with Crippen molar-refractivity contribution in [3.8, 4) is 47.0 Å². The van der Waals surface area contributed by atoms with E-state index in [4.69, 9.17) is 49.7 Å². The van der Waals surface area contributed by atoms with Gasteiger partial charge in [-0.05, 0) is 109 Å². The van der Waals surface area contributed by atoms with E-state index in [1.807, 2.05) is 54.6 Å². The summed E-state index contributed by atoms with van der Waals surface area (Å²) >= 11 is 0. The summed E-state index contributed by atoms with van der Waals surface area (Å²) in [5.41, 5.74) is 2.03. The summed E-state index contributed by atoms with van der Waals surface area (Å²) in [6, 6.07) is 40.6. The monoisotopic (exact) mass is 870 g/mol. The molecule has 6 aromatic rings. The number of hydrogen-bond donors (Lipinski definition) is 3. The lowest BCUT2D eigenvalue weighted by molar-refractivity contribution is -0.217. The number of aromatic hydroxyl groups is 1. The first-order valence-electron chi connectivity index (χ1n) is 19.9. The number of esters is 1. The Hall–Kier alpha value is -7.83. The zero-order valence-corrected chi connectivity index (χ0v) is 34.6. The highest BCUT2D eigenvalue weighted by molar-refractivity contribution is 6.03. The van der Waals surface area contributed by atoms with Crippen LogP contribution in [0, 0.1) is 12.5 Å². The van der Waals surface area contributed by atoms with E-state index in [0.717, 1.165) is 16.9 Å².